The summed E-state index contributed by atoms with van der Waals surface area (Å²) in [5.74, 6) is 0. The second-order valence-corrected chi connectivity index (χ2v) is 4.04. The van der Waals surface area contributed by atoms with Crippen molar-refractivity contribution in [3.8, 4) is 0 Å². The van der Waals surface area contributed by atoms with Gasteiger partial charge in [-0.15, -0.1) is 0 Å². The van der Waals surface area contributed by atoms with Crippen molar-refractivity contribution >= 4 is 29.6 Å². The van der Waals surface area contributed by atoms with E-state index >= 15 is 0 Å². The molecule has 0 saturated carbocycles. The molecular formula is C15H12ClN. The molecule has 1 nitrogen and oxygen atoms in total. The molecule has 17 heavy (non-hydrogen) atoms. The zero-order valence-electron chi connectivity index (χ0n) is 9.31. The van der Waals surface area contributed by atoms with E-state index in [1.807, 2.05) is 60.8 Å². The SMILES string of the molecule is C=Cc1ccc(/N=C\c2ccc(Cl)cc2)cc1. The molecule has 0 aliphatic rings. The Morgan fingerprint density at radius 3 is 2.06 bits per heavy atom. The first-order valence-electron chi connectivity index (χ1n) is 5.30. The van der Waals surface area contributed by atoms with E-state index in [-0.39, 0.29) is 0 Å². The van der Waals surface area contributed by atoms with Gasteiger partial charge in [0, 0.05) is 11.2 Å². The van der Waals surface area contributed by atoms with E-state index in [4.69, 9.17) is 11.6 Å². The van der Waals surface area contributed by atoms with Gasteiger partial charge in [0.05, 0.1) is 5.69 Å². The molecule has 0 radical (unpaired) electrons. The highest BCUT2D eigenvalue weighted by atomic mass is 35.5. The standard InChI is InChI=1S/C15H12ClN/c1-2-12-5-9-15(10-6-12)17-11-13-3-7-14(16)8-4-13/h2-11H,1H2/b17-11-. The Labute approximate surface area is 106 Å². The van der Waals surface area contributed by atoms with Gasteiger partial charge >= 0.3 is 0 Å². The Morgan fingerprint density at radius 1 is 0.882 bits per heavy atom. The van der Waals surface area contributed by atoms with Crippen molar-refractivity contribution in [2.24, 2.45) is 4.99 Å². The number of nitrogens with zero attached hydrogens (tertiary/aromatic N) is 1. The predicted octanol–water partition coefficient (Wildman–Crippen LogP) is 4.73. The number of halogens is 1. The molecule has 0 N–H and O–H groups in total. The van der Waals surface area contributed by atoms with E-state index in [1.165, 1.54) is 0 Å². The third-order valence-electron chi connectivity index (χ3n) is 2.36. The van der Waals surface area contributed by atoms with E-state index in [0.717, 1.165) is 21.8 Å². The van der Waals surface area contributed by atoms with Gasteiger partial charge in [-0.05, 0) is 35.4 Å². The van der Waals surface area contributed by atoms with Gasteiger partial charge in [0.1, 0.15) is 0 Å². The van der Waals surface area contributed by atoms with Gasteiger partial charge in [-0.2, -0.15) is 0 Å². The van der Waals surface area contributed by atoms with Crippen LogP contribution < -0.4 is 0 Å². The van der Waals surface area contributed by atoms with Crippen LogP contribution in [0.1, 0.15) is 11.1 Å². The third-order valence-corrected chi connectivity index (χ3v) is 2.61. The monoisotopic (exact) mass is 241 g/mol. The molecule has 0 saturated heterocycles. The van der Waals surface area contributed by atoms with Gasteiger partial charge in [-0.1, -0.05) is 48.5 Å². The number of aliphatic imine (C=N–C) groups is 1. The predicted molar refractivity (Wildman–Crippen MR) is 75.2 cm³/mol. The summed E-state index contributed by atoms with van der Waals surface area (Å²) in [6.07, 6.45) is 3.63. The van der Waals surface area contributed by atoms with Crippen molar-refractivity contribution in [1.29, 1.82) is 0 Å². The molecule has 2 aromatic carbocycles. The molecule has 0 aromatic heterocycles. The van der Waals surface area contributed by atoms with Gasteiger partial charge in [-0.3, -0.25) is 4.99 Å². The first-order chi connectivity index (χ1) is 8.28. The van der Waals surface area contributed by atoms with Gasteiger partial charge in [-0.25, -0.2) is 0 Å². The fraction of sp³-hybridized carbons (Fsp3) is 0. The average Bonchev–Trinajstić information content (AvgIpc) is 2.39. The molecule has 0 heterocycles. The minimum absolute atomic E-state index is 0.734. The highest BCUT2D eigenvalue weighted by Crippen LogP contribution is 2.14. The lowest BCUT2D eigenvalue weighted by molar-refractivity contribution is 1.51. The molecule has 0 amide bonds. The molecule has 2 aromatic rings. The van der Waals surface area contributed by atoms with Gasteiger partial charge < -0.3 is 0 Å². The zero-order valence-corrected chi connectivity index (χ0v) is 10.1. The maximum atomic E-state index is 5.81. The Bertz CT molecular complexity index is 524. The lowest BCUT2D eigenvalue weighted by Crippen LogP contribution is -1.79. The average molecular weight is 242 g/mol. The molecule has 0 atom stereocenters. The normalized spacial score (nSPS) is 10.6. The maximum Gasteiger partial charge on any atom is 0.0630 e. The van der Waals surface area contributed by atoms with Gasteiger partial charge in [0.25, 0.3) is 0 Å². The lowest BCUT2D eigenvalue weighted by Gasteiger charge is -1.96. The van der Waals surface area contributed by atoms with Crippen molar-refractivity contribution in [2.45, 2.75) is 0 Å². The molecule has 0 aliphatic carbocycles. The number of rotatable bonds is 3. The highest BCUT2D eigenvalue weighted by molar-refractivity contribution is 6.30. The molecule has 84 valence electrons. The fourth-order valence-corrected chi connectivity index (χ4v) is 1.52. The van der Waals surface area contributed by atoms with Crippen LogP contribution >= 0.6 is 11.6 Å². The van der Waals surface area contributed by atoms with Crippen LogP contribution in [0.5, 0.6) is 0 Å². The largest absolute Gasteiger partial charge is 0.256 e. The molecule has 0 bridgehead atoms. The summed E-state index contributed by atoms with van der Waals surface area (Å²) >= 11 is 5.81. The third kappa shape index (κ3) is 3.30. The Morgan fingerprint density at radius 2 is 1.47 bits per heavy atom. The summed E-state index contributed by atoms with van der Waals surface area (Å²) in [7, 11) is 0. The van der Waals surface area contributed by atoms with Crippen LogP contribution in [0.3, 0.4) is 0 Å². The van der Waals surface area contributed by atoms with Crippen molar-refractivity contribution in [3.05, 3.63) is 71.3 Å². The highest BCUT2D eigenvalue weighted by Gasteiger charge is 1.90. The molecule has 2 rings (SSSR count). The lowest BCUT2D eigenvalue weighted by atomic mass is 10.2. The first kappa shape index (κ1) is 11.6. The quantitative estimate of drug-likeness (QED) is 0.689. The maximum absolute atomic E-state index is 5.81. The summed E-state index contributed by atoms with van der Waals surface area (Å²) in [5.41, 5.74) is 3.04. The number of benzene rings is 2. The van der Waals surface area contributed by atoms with Crippen molar-refractivity contribution in [2.75, 3.05) is 0 Å². The van der Waals surface area contributed by atoms with Gasteiger partial charge in [0.15, 0.2) is 0 Å². The minimum atomic E-state index is 0.734. The van der Waals surface area contributed by atoms with Crippen molar-refractivity contribution in [1.82, 2.24) is 0 Å². The summed E-state index contributed by atoms with van der Waals surface area (Å²) in [6, 6.07) is 15.5. The molecule has 0 spiro atoms. The summed E-state index contributed by atoms with van der Waals surface area (Å²) in [6.45, 7) is 3.71. The van der Waals surface area contributed by atoms with E-state index in [1.54, 1.807) is 0 Å². The minimum Gasteiger partial charge on any atom is -0.256 e. The van der Waals surface area contributed by atoms with Crippen LogP contribution in [0.2, 0.25) is 5.02 Å². The molecule has 0 unspecified atom stereocenters. The molecule has 0 fully saturated rings. The molecule has 0 aliphatic heterocycles. The van der Waals surface area contributed by atoms with E-state index in [2.05, 4.69) is 11.6 Å². The summed E-state index contributed by atoms with van der Waals surface area (Å²) < 4.78 is 0. The summed E-state index contributed by atoms with van der Waals surface area (Å²) in [5, 5.41) is 0.734. The zero-order chi connectivity index (χ0) is 12.1. The van der Waals surface area contributed by atoms with Gasteiger partial charge in [0.2, 0.25) is 0 Å². The molecule has 2 heteroatoms. The van der Waals surface area contributed by atoms with E-state index in [0.29, 0.717) is 0 Å². The Hall–Kier alpha value is -1.86. The van der Waals surface area contributed by atoms with Crippen LogP contribution in [-0.2, 0) is 0 Å². The topological polar surface area (TPSA) is 12.4 Å². The van der Waals surface area contributed by atoms with Crippen LogP contribution in [0.4, 0.5) is 5.69 Å². The smallest absolute Gasteiger partial charge is 0.0630 e. The Kier molecular flexibility index (Phi) is 3.73. The summed E-state index contributed by atoms with van der Waals surface area (Å²) in [4.78, 5) is 4.38. The Balaban J connectivity index is 2.14. The van der Waals surface area contributed by atoms with Crippen LogP contribution in [-0.4, -0.2) is 6.21 Å². The molecular weight excluding hydrogens is 230 g/mol. The second kappa shape index (κ2) is 5.46. The first-order valence-corrected chi connectivity index (χ1v) is 5.68. The number of hydrogen-bond donors (Lipinski definition) is 0. The van der Waals surface area contributed by atoms with Crippen LogP contribution in [0.25, 0.3) is 6.08 Å². The second-order valence-electron chi connectivity index (χ2n) is 3.61. The van der Waals surface area contributed by atoms with E-state index < -0.39 is 0 Å². The van der Waals surface area contributed by atoms with E-state index in [9.17, 15) is 0 Å². The van der Waals surface area contributed by atoms with Crippen LogP contribution in [0, 0.1) is 0 Å². The van der Waals surface area contributed by atoms with Crippen LogP contribution in [0.15, 0.2) is 60.1 Å². The van der Waals surface area contributed by atoms with Crippen molar-refractivity contribution < 1.29 is 0 Å². The van der Waals surface area contributed by atoms with Crippen molar-refractivity contribution in [3.63, 3.8) is 0 Å². The number of hydrogen-bond acceptors (Lipinski definition) is 1. The fourth-order valence-electron chi connectivity index (χ4n) is 1.39.